The Balaban J connectivity index is 1.33. The van der Waals surface area contributed by atoms with E-state index in [9.17, 15) is 8.42 Å². The van der Waals surface area contributed by atoms with Gasteiger partial charge in [0, 0.05) is 57.4 Å². The zero-order valence-corrected chi connectivity index (χ0v) is 22.5. The summed E-state index contributed by atoms with van der Waals surface area (Å²) in [6, 6.07) is 17.0. The van der Waals surface area contributed by atoms with E-state index in [0.29, 0.717) is 24.5 Å². The van der Waals surface area contributed by atoms with Gasteiger partial charge in [-0.05, 0) is 56.4 Å². The Morgan fingerprint density at radius 3 is 2.33 bits per heavy atom. The largest absolute Gasteiger partial charge is 0.369 e. The first-order valence-electron chi connectivity index (χ1n) is 12.8. The van der Waals surface area contributed by atoms with Crippen molar-refractivity contribution >= 4 is 15.7 Å². The van der Waals surface area contributed by atoms with Crippen LogP contribution in [0.1, 0.15) is 34.1 Å². The normalized spacial score (nSPS) is 21.8. The van der Waals surface area contributed by atoms with Crippen LogP contribution in [0.3, 0.4) is 0 Å². The number of hydrogen-bond acceptors (Lipinski definition) is 6. The molecule has 2 atom stereocenters. The van der Waals surface area contributed by atoms with Crippen molar-refractivity contribution in [3.8, 4) is 0 Å². The van der Waals surface area contributed by atoms with Crippen LogP contribution in [-0.2, 0) is 10.0 Å². The van der Waals surface area contributed by atoms with Crippen molar-refractivity contribution in [3.05, 3.63) is 76.7 Å². The van der Waals surface area contributed by atoms with Crippen molar-refractivity contribution in [2.75, 3.05) is 50.7 Å². The quantitative estimate of drug-likeness (QED) is 0.499. The van der Waals surface area contributed by atoms with E-state index in [1.807, 2.05) is 18.2 Å². The highest BCUT2D eigenvalue weighted by Crippen LogP contribution is 2.37. The predicted octanol–water partition coefficient (Wildman–Crippen LogP) is 4.13. The zero-order valence-electron chi connectivity index (χ0n) is 21.6. The van der Waals surface area contributed by atoms with E-state index < -0.39 is 10.0 Å². The molecule has 2 aliphatic rings. The minimum atomic E-state index is -3.67. The Morgan fingerprint density at radius 1 is 0.944 bits per heavy atom. The molecule has 0 bridgehead atoms. The molecular formula is C28H36N4O3S. The highest BCUT2D eigenvalue weighted by atomic mass is 32.2. The Labute approximate surface area is 214 Å². The van der Waals surface area contributed by atoms with Gasteiger partial charge in [0.2, 0.25) is 10.0 Å². The minimum Gasteiger partial charge on any atom is -0.369 e. The molecule has 0 saturated carbocycles. The maximum absolute atomic E-state index is 13.6. The zero-order chi connectivity index (χ0) is 25.4. The fraction of sp³-hybridized carbons (Fsp3) is 0.464. The average Bonchev–Trinajstić information content (AvgIpc) is 3.45. The number of rotatable bonds is 6. The van der Waals surface area contributed by atoms with E-state index in [-0.39, 0.29) is 16.7 Å². The number of piperazine rings is 1. The smallest absolute Gasteiger partial charge is 0.248 e. The van der Waals surface area contributed by atoms with Crippen molar-refractivity contribution in [2.45, 2.75) is 38.5 Å². The molecule has 2 fully saturated rings. The number of sulfonamides is 1. The van der Waals surface area contributed by atoms with Crippen molar-refractivity contribution < 1.29 is 12.9 Å². The average molecular weight is 509 g/mol. The van der Waals surface area contributed by atoms with Crippen LogP contribution in [0.15, 0.2) is 57.9 Å². The van der Waals surface area contributed by atoms with Crippen LogP contribution < -0.4 is 4.90 Å². The van der Waals surface area contributed by atoms with Crippen LogP contribution in [-0.4, -0.2) is 68.6 Å². The first-order valence-corrected chi connectivity index (χ1v) is 14.2. The van der Waals surface area contributed by atoms with E-state index in [1.54, 1.807) is 18.2 Å². The lowest BCUT2D eigenvalue weighted by atomic mass is 9.88. The summed E-state index contributed by atoms with van der Waals surface area (Å²) in [4.78, 5) is 5.21. The molecule has 1 aromatic heterocycles. The number of anilines is 1. The van der Waals surface area contributed by atoms with Gasteiger partial charge >= 0.3 is 0 Å². The number of aromatic nitrogens is 1. The van der Waals surface area contributed by atoms with E-state index >= 15 is 0 Å². The second-order valence-corrected chi connectivity index (χ2v) is 12.2. The van der Waals surface area contributed by atoms with Crippen molar-refractivity contribution in [1.82, 2.24) is 14.4 Å². The summed E-state index contributed by atoms with van der Waals surface area (Å²) in [6.45, 7) is 13.5. The van der Waals surface area contributed by atoms with Crippen LogP contribution in [0.4, 0.5) is 5.69 Å². The van der Waals surface area contributed by atoms with Crippen LogP contribution in [0, 0.1) is 33.6 Å². The molecule has 0 spiro atoms. The molecule has 0 N–H and O–H groups in total. The third-order valence-corrected chi connectivity index (χ3v) is 9.85. The Hall–Kier alpha value is -2.68. The SMILES string of the molecule is Cc1ccc(C)c(N2CCN(C[C@@H]3CN(S(=O)(=O)c4c(C)noc4C)C[C@@H]3c3ccccc3)CC2)c1. The van der Waals surface area contributed by atoms with Crippen molar-refractivity contribution in [2.24, 2.45) is 5.92 Å². The molecule has 0 aliphatic carbocycles. The van der Waals surface area contributed by atoms with Gasteiger partial charge in [0.05, 0.1) is 0 Å². The van der Waals surface area contributed by atoms with E-state index in [2.05, 4.69) is 59.1 Å². The standard InChI is InChI=1S/C28H36N4O3S/c1-20-10-11-21(2)27(16-20)31-14-12-30(13-15-31)17-25-18-32(19-26(25)24-8-6-5-7-9-24)36(33,34)28-22(3)29-35-23(28)4/h5-11,16,25-26H,12-15,17-19H2,1-4H3/t25-,26-/m1/s1. The molecule has 2 aromatic carbocycles. The summed E-state index contributed by atoms with van der Waals surface area (Å²) >= 11 is 0. The summed E-state index contributed by atoms with van der Waals surface area (Å²) in [5.74, 6) is 0.725. The minimum absolute atomic E-state index is 0.151. The molecule has 0 unspecified atom stereocenters. The highest BCUT2D eigenvalue weighted by Gasteiger charge is 2.42. The fourth-order valence-electron chi connectivity index (χ4n) is 5.83. The van der Waals surface area contributed by atoms with E-state index in [4.69, 9.17) is 4.52 Å². The Kier molecular flexibility index (Phi) is 6.94. The number of aryl methyl sites for hydroxylation is 4. The fourth-order valence-corrected chi connectivity index (χ4v) is 7.64. The van der Waals surface area contributed by atoms with Gasteiger partial charge < -0.3 is 9.42 Å². The molecular weight excluding hydrogens is 472 g/mol. The Bertz CT molecular complexity index is 1290. The van der Waals surface area contributed by atoms with Crippen LogP contribution in [0.25, 0.3) is 0 Å². The molecule has 2 aliphatic heterocycles. The highest BCUT2D eigenvalue weighted by molar-refractivity contribution is 7.89. The van der Waals surface area contributed by atoms with Gasteiger partial charge in [-0.15, -0.1) is 0 Å². The van der Waals surface area contributed by atoms with Gasteiger partial charge in [-0.3, -0.25) is 4.90 Å². The molecule has 0 radical (unpaired) electrons. The van der Waals surface area contributed by atoms with E-state index in [1.165, 1.54) is 22.4 Å². The summed E-state index contributed by atoms with van der Waals surface area (Å²) < 4.78 is 34.1. The molecule has 192 valence electrons. The lowest BCUT2D eigenvalue weighted by Gasteiger charge is -2.38. The lowest BCUT2D eigenvalue weighted by Crippen LogP contribution is -2.48. The summed E-state index contributed by atoms with van der Waals surface area (Å²) in [7, 11) is -3.67. The Morgan fingerprint density at radius 2 is 1.67 bits per heavy atom. The summed E-state index contributed by atoms with van der Waals surface area (Å²) in [5.41, 5.74) is 5.56. The molecule has 0 amide bonds. The summed E-state index contributed by atoms with van der Waals surface area (Å²) in [5, 5.41) is 3.89. The van der Waals surface area contributed by atoms with Crippen molar-refractivity contribution in [1.29, 1.82) is 0 Å². The lowest BCUT2D eigenvalue weighted by molar-refractivity contribution is 0.215. The first kappa shape index (κ1) is 25.0. The second-order valence-electron chi connectivity index (χ2n) is 10.3. The third kappa shape index (κ3) is 4.82. The number of benzene rings is 2. The molecule has 3 aromatic rings. The van der Waals surface area contributed by atoms with Gasteiger partial charge in [-0.1, -0.05) is 47.6 Å². The maximum atomic E-state index is 13.6. The summed E-state index contributed by atoms with van der Waals surface area (Å²) in [6.07, 6.45) is 0. The number of nitrogens with zero attached hydrogens (tertiary/aromatic N) is 4. The van der Waals surface area contributed by atoms with Crippen LogP contribution >= 0.6 is 0 Å². The predicted molar refractivity (Wildman–Crippen MR) is 142 cm³/mol. The van der Waals surface area contributed by atoms with Gasteiger partial charge in [-0.25, -0.2) is 8.42 Å². The topological polar surface area (TPSA) is 69.9 Å². The van der Waals surface area contributed by atoms with Crippen LogP contribution in [0.2, 0.25) is 0 Å². The monoisotopic (exact) mass is 508 g/mol. The van der Waals surface area contributed by atoms with E-state index in [0.717, 1.165) is 32.7 Å². The first-order chi connectivity index (χ1) is 17.2. The molecule has 2 saturated heterocycles. The number of hydrogen-bond donors (Lipinski definition) is 0. The molecule has 3 heterocycles. The second kappa shape index (κ2) is 10.00. The molecule has 7 nitrogen and oxygen atoms in total. The van der Waals surface area contributed by atoms with Gasteiger partial charge in [-0.2, -0.15) is 4.31 Å². The van der Waals surface area contributed by atoms with Gasteiger partial charge in [0.15, 0.2) is 5.76 Å². The molecule has 5 rings (SSSR count). The van der Waals surface area contributed by atoms with Gasteiger partial charge in [0.1, 0.15) is 10.6 Å². The molecule has 8 heteroatoms. The third-order valence-electron chi connectivity index (χ3n) is 7.77. The van der Waals surface area contributed by atoms with Crippen molar-refractivity contribution in [3.63, 3.8) is 0 Å². The molecule has 36 heavy (non-hydrogen) atoms. The van der Waals surface area contributed by atoms with Crippen LogP contribution in [0.5, 0.6) is 0 Å². The van der Waals surface area contributed by atoms with Gasteiger partial charge in [0.25, 0.3) is 0 Å². The maximum Gasteiger partial charge on any atom is 0.248 e.